The van der Waals surface area contributed by atoms with Crippen molar-refractivity contribution in [3.05, 3.63) is 0 Å². The molecule has 2 N–H and O–H groups in total. The van der Waals surface area contributed by atoms with E-state index in [-0.39, 0.29) is 17.3 Å². The highest BCUT2D eigenvalue weighted by molar-refractivity contribution is 5.75. The van der Waals surface area contributed by atoms with Gasteiger partial charge in [-0.3, -0.25) is 9.59 Å². The summed E-state index contributed by atoms with van der Waals surface area (Å²) in [5, 5.41) is 0. The van der Waals surface area contributed by atoms with Crippen LogP contribution >= 0.6 is 0 Å². The zero-order valence-electron chi connectivity index (χ0n) is 8.04. The van der Waals surface area contributed by atoms with Crippen LogP contribution in [0.15, 0.2) is 0 Å². The Kier molecular flexibility index (Phi) is 4.40. The first-order chi connectivity index (χ1) is 5.61. The lowest BCUT2D eigenvalue weighted by Crippen LogP contribution is -2.49. The molecule has 0 radical (unpaired) electrons. The second-order valence-corrected chi connectivity index (χ2v) is 3.01. The van der Waals surface area contributed by atoms with Crippen molar-refractivity contribution < 1.29 is 15.1 Å². The largest absolute Gasteiger partial charge is 0.412 e. The van der Waals surface area contributed by atoms with Crippen LogP contribution in [0.2, 0.25) is 0 Å². The van der Waals surface area contributed by atoms with Crippen LogP contribution in [0, 0.1) is 0 Å². The standard InChI is InChI=1S/C8H14N2O2.H2O/c1-7(11)9-3-5-10(6-4-9)8(2)12;/h3-6H2,1-2H3;1H2. The molecule has 1 aliphatic rings. The summed E-state index contributed by atoms with van der Waals surface area (Å²) in [5.41, 5.74) is 0. The van der Waals surface area contributed by atoms with Gasteiger partial charge in [-0.05, 0) is 0 Å². The zero-order chi connectivity index (χ0) is 9.14. The second-order valence-electron chi connectivity index (χ2n) is 3.01. The first kappa shape index (κ1) is 11.9. The summed E-state index contributed by atoms with van der Waals surface area (Å²) in [6.07, 6.45) is 0. The van der Waals surface area contributed by atoms with E-state index in [2.05, 4.69) is 0 Å². The van der Waals surface area contributed by atoms with E-state index in [9.17, 15) is 9.59 Å². The van der Waals surface area contributed by atoms with Gasteiger partial charge < -0.3 is 15.3 Å². The summed E-state index contributed by atoms with van der Waals surface area (Å²) in [7, 11) is 0. The minimum Gasteiger partial charge on any atom is -0.412 e. The molecule has 2 amide bonds. The van der Waals surface area contributed by atoms with Gasteiger partial charge in [0.05, 0.1) is 0 Å². The molecular formula is C8H16N2O3. The van der Waals surface area contributed by atoms with Crippen molar-refractivity contribution >= 4 is 11.8 Å². The normalized spacial score (nSPS) is 16.5. The SMILES string of the molecule is CC(=O)N1CCN(C(C)=O)CC1.O. The monoisotopic (exact) mass is 188 g/mol. The summed E-state index contributed by atoms with van der Waals surface area (Å²) >= 11 is 0. The fraction of sp³-hybridized carbons (Fsp3) is 0.750. The van der Waals surface area contributed by atoms with Crippen molar-refractivity contribution in [1.82, 2.24) is 9.80 Å². The van der Waals surface area contributed by atoms with E-state index >= 15 is 0 Å². The fourth-order valence-corrected chi connectivity index (χ4v) is 1.34. The van der Waals surface area contributed by atoms with Crippen molar-refractivity contribution in [3.8, 4) is 0 Å². The van der Waals surface area contributed by atoms with E-state index in [1.807, 2.05) is 0 Å². The number of rotatable bonds is 0. The number of amides is 2. The van der Waals surface area contributed by atoms with E-state index in [4.69, 9.17) is 0 Å². The molecule has 0 atom stereocenters. The van der Waals surface area contributed by atoms with Crippen LogP contribution in [0.4, 0.5) is 0 Å². The first-order valence-corrected chi connectivity index (χ1v) is 4.12. The number of hydrogen-bond acceptors (Lipinski definition) is 2. The summed E-state index contributed by atoms with van der Waals surface area (Å²) in [6, 6.07) is 0. The van der Waals surface area contributed by atoms with Crippen LogP contribution in [0.1, 0.15) is 13.8 Å². The molecular weight excluding hydrogens is 172 g/mol. The first-order valence-electron chi connectivity index (χ1n) is 4.12. The highest BCUT2D eigenvalue weighted by atomic mass is 16.2. The van der Waals surface area contributed by atoms with Crippen LogP contribution in [0.25, 0.3) is 0 Å². The van der Waals surface area contributed by atoms with Gasteiger partial charge in [0, 0.05) is 40.0 Å². The maximum Gasteiger partial charge on any atom is 0.219 e. The molecule has 0 aromatic heterocycles. The lowest BCUT2D eigenvalue weighted by atomic mass is 10.3. The van der Waals surface area contributed by atoms with Gasteiger partial charge in [-0.2, -0.15) is 0 Å². The van der Waals surface area contributed by atoms with Crippen molar-refractivity contribution in [2.45, 2.75) is 13.8 Å². The van der Waals surface area contributed by atoms with Crippen molar-refractivity contribution in [1.29, 1.82) is 0 Å². The number of carbonyl (C=O) groups is 2. The minimum absolute atomic E-state index is 0. The summed E-state index contributed by atoms with van der Waals surface area (Å²) in [4.78, 5) is 25.3. The van der Waals surface area contributed by atoms with Gasteiger partial charge in [-0.15, -0.1) is 0 Å². The Bertz CT molecular complexity index is 176. The third kappa shape index (κ3) is 3.02. The zero-order valence-corrected chi connectivity index (χ0v) is 8.04. The highest BCUT2D eigenvalue weighted by Gasteiger charge is 2.19. The van der Waals surface area contributed by atoms with Gasteiger partial charge in [0.15, 0.2) is 0 Å². The number of piperazine rings is 1. The quantitative estimate of drug-likeness (QED) is 0.482. The molecule has 1 fully saturated rings. The van der Waals surface area contributed by atoms with Crippen LogP contribution in [-0.4, -0.2) is 53.3 Å². The fourth-order valence-electron chi connectivity index (χ4n) is 1.34. The predicted octanol–water partition coefficient (Wildman–Crippen LogP) is -1.13. The average Bonchev–Trinajstić information content (AvgIpc) is 2.04. The number of nitrogens with zero attached hydrogens (tertiary/aromatic N) is 2. The molecule has 76 valence electrons. The molecule has 5 nitrogen and oxygen atoms in total. The second kappa shape index (κ2) is 4.81. The van der Waals surface area contributed by atoms with E-state index in [0.717, 1.165) is 0 Å². The van der Waals surface area contributed by atoms with Crippen LogP contribution in [0.5, 0.6) is 0 Å². The molecule has 0 unspecified atom stereocenters. The summed E-state index contributed by atoms with van der Waals surface area (Å²) in [6.45, 7) is 5.82. The molecule has 1 aliphatic heterocycles. The average molecular weight is 188 g/mol. The molecule has 1 rings (SSSR count). The maximum absolute atomic E-state index is 10.9. The smallest absolute Gasteiger partial charge is 0.219 e. The van der Waals surface area contributed by atoms with Gasteiger partial charge >= 0.3 is 0 Å². The third-order valence-electron chi connectivity index (χ3n) is 2.17. The van der Waals surface area contributed by atoms with Crippen LogP contribution in [0.3, 0.4) is 0 Å². The Morgan fingerprint density at radius 2 is 1.08 bits per heavy atom. The number of carbonyl (C=O) groups excluding carboxylic acids is 2. The topological polar surface area (TPSA) is 72.1 Å². The lowest BCUT2D eigenvalue weighted by Gasteiger charge is -2.33. The minimum atomic E-state index is 0. The summed E-state index contributed by atoms with van der Waals surface area (Å²) < 4.78 is 0. The third-order valence-corrected chi connectivity index (χ3v) is 2.17. The van der Waals surface area contributed by atoms with Gasteiger partial charge in [0.1, 0.15) is 0 Å². The molecule has 0 aliphatic carbocycles. The van der Waals surface area contributed by atoms with Crippen molar-refractivity contribution in [2.75, 3.05) is 26.2 Å². The van der Waals surface area contributed by atoms with Gasteiger partial charge in [-0.1, -0.05) is 0 Å². The van der Waals surface area contributed by atoms with E-state index < -0.39 is 0 Å². The Morgan fingerprint density at radius 1 is 0.846 bits per heavy atom. The van der Waals surface area contributed by atoms with E-state index in [0.29, 0.717) is 26.2 Å². The molecule has 0 spiro atoms. The maximum atomic E-state index is 10.9. The summed E-state index contributed by atoms with van der Waals surface area (Å²) in [5.74, 6) is 0.191. The lowest BCUT2D eigenvalue weighted by molar-refractivity contribution is -0.137. The van der Waals surface area contributed by atoms with E-state index in [1.165, 1.54) is 0 Å². The van der Waals surface area contributed by atoms with Gasteiger partial charge in [0.25, 0.3) is 0 Å². The van der Waals surface area contributed by atoms with Crippen LogP contribution < -0.4 is 0 Å². The molecule has 0 aromatic rings. The van der Waals surface area contributed by atoms with Gasteiger partial charge in [0.2, 0.25) is 11.8 Å². The van der Waals surface area contributed by atoms with Crippen LogP contribution in [-0.2, 0) is 9.59 Å². The Balaban J connectivity index is 0.00000144. The van der Waals surface area contributed by atoms with Crippen molar-refractivity contribution in [3.63, 3.8) is 0 Å². The Morgan fingerprint density at radius 3 is 1.23 bits per heavy atom. The Hall–Kier alpha value is -1.10. The molecule has 0 saturated carbocycles. The van der Waals surface area contributed by atoms with Crippen molar-refractivity contribution in [2.24, 2.45) is 0 Å². The van der Waals surface area contributed by atoms with E-state index in [1.54, 1.807) is 23.6 Å². The van der Waals surface area contributed by atoms with Gasteiger partial charge in [-0.25, -0.2) is 0 Å². The molecule has 1 heterocycles. The molecule has 5 heteroatoms. The number of hydrogen-bond donors (Lipinski definition) is 0. The molecule has 1 saturated heterocycles. The predicted molar refractivity (Wildman–Crippen MR) is 48.1 cm³/mol. The highest BCUT2D eigenvalue weighted by Crippen LogP contribution is 2.01. The molecule has 13 heavy (non-hydrogen) atoms. The molecule has 0 bridgehead atoms. The molecule has 0 aromatic carbocycles. The Labute approximate surface area is 77.6 Å².